The summed E-state index contributed by atoms with van der Waals surface area (Å²) >= 11 is 0. The zero-order chi connectivity index (χ0) is 13.9. The number of fused-ring (bicyclic) bond motifs is 1. The van der Waals surface area contributed by atoms with E-state index < -0.39 is 0 Å². The molecule has 2 aromatic heterocycles. The fourth-order valence-electron chi connectivity index (χ4n) is 1.87. The van der Waals surface area contributed by atoms with E-state index in [4.69, 9.17) is 0 Å². The van der Waals surface area contributed by atoms with Crippen LogP contribution >= 0.6 is 0 Å². The van der Waals surface area contributed by atoms with E-state index in [9.17, 15) is 9.90 Å². The van der Waals surface area contributed by atoms with E-state index in [2.05, 4.69) is 20.3 Å². The van der Waals surface area contributed by atoms with Gasteiger partial charge in [-0.25, -0.2) is 4.98 Å². The third-order valence-corrected chi connectivity index (χ3v) is 2.88. The number of aromatic nitrogens is 3. The second-order valence-corrected chi connectivity index (χ2v) is 4.31. The molecule has 20 heavy (non-hydrogen) atoms. The van der Waals surface area contributed by atoms with E-state index in [0.29, 0.717) is 17.9 Å². The quantitative estimate of drug-likeness (QED) is 0.672. The lowest BCUT2D eigenvalue weighted by atomic mass is 10.2. The molecule has 3 rings (SSSR count). The number of nitrogens with zero attached hydrogens (tertiary/aromatic N) is 2. The van der Waals surface area contributed by atoms with Crippen molar-refractivity contribution in [3.8, 4) is 5.75 Å². The second-order valence-electron chi connectivity index (χ2n) is 4.31. The Morgan fingerprint density at radius 2 is 2.05 bits per heavy atom. The van der Waals surface area contributed by atoms with E-state index in [-0.39, 0.29) is 11.7 Å². The highest BCUT2D eigenvalue weighted by Gasteiger charge is 2.07. The number of hydrogen-bond donors (Lipinski definition) is 3. The van der Waals surface area contributed by atoms with Gasteiger partial charge in [0.25, 0.3) is 5.91 Å². The highest BCUT2D eigenvalue weighted by atomic mass is 16.3. The molecule has 0 aliphatic rings. The van der Waals surface area contributed by atoms with Crippen LogP contribution in [-0.2, 0) is 6.54 Å². The minimum atomic E-state index is -0.219. The Balaban J connectivity index is 1.69. The van der Waals surface area contributed by atoms with Crippen LogP contribution in [0.4, 0.5) is 0 Å². The van der Waals surface area contributed by atoms with Crippen molar-refractivity contribution in [3.63, 3.8) is 0 Å². The number of carbonyl (C=O) groups is 1. The van der Waals surface area contributed by atoms with Crippen molar-refractivity contribution in [3.05, 3.63) is 54.1 Å². The molecule has 0 aliphatic carbocycles. The molecule has 6 nitrogen and oxygen atoms in total. The lowest BCUT2D eigenvalue weighted by Gasteiger charge is -2.03. The molecule has 2 heterocycles. The average molecular weight is 268 g/mol. The first kappa shape index (κ1) is 12.2. The third kappa shape index (κ3) is 2.44. The fraction of sp³-hybridized carbons (Fsp3) is 0.0714. The molecule has 0 saturated carbocycles. The molecule has 6 heteroatoms. The molecule has 0 fully saturated rings. The molecule has 0 radical (unpaired) electrons. The van der Waals surface area contributed by atoms with E-state index >= 15 is 0 Å². The normalized spacial score (nSPS) is 10.6. The van der Waals surface area contributed by atoms with Crippen LogP contribution in [0, 0.1) is 0 Å². The van der Waals surface area contributed by atoms with Crippen LogP contribution in [0.1, 0.15) is 16.2 Å². The van der Waals surface area contributed by atoms with Crippen LogP contribution in [-0.4, -0.2) is 26.0 Å². The van der Waals surface area contributed by atoms with Crippen LogP contribution in [0.25, 0.3) is 11.0 Å². The summed E-state index contributed by atoms with van der Waals surface area (Å²) in [5, 5.41) is 11.9. The van der Waals surface area contributed by atoms with Gasteiger partial charge < -0.3 is 15.4 Å². The number of rotatable bonds is 3. The van der Waals surface area contributed by atoms with Crippen molar-refractivity contribution < 1.29 is 9.90 Å². The van der Waals surface area contributed by atoms with Gasteiger partial charge in [-0.05, 0) is 30.3 Å². The maximum absolute atomic E-state index is 11.9. The van der Waals surface area contributed by atoms with Crippen molar-refractivity contribution in [1.29, 1.82) is 0 Å². The number of phenolic OH excluding ortho intramolecular Hbond substituents is 1. The number of hydrogen-bond acceptors (Lipinski definition) is 4. The molecule has 0 unspecified atom stereocenters. The van der Waals surface area contributed by atoms with Crippen molar-refractivity contribution >= 4 is 16.9 Å². The first-order valence-corrected chi connectivity index (χ1v) is 6.08. The van der Waals surface area contributed by atoms with Gasteiger partial charge in [0, 0.05) is 11.8 Å². The summed E-state index contributed by atoms with van der Waals surface area (Å²) < 4.78 is 0. The SMILES string of the molecule is O=C(NCc1nc2ccncc2[nH]1)c1ccc(O)cc1. The number of imidazole rings is 1. The molecule has 0 spiro atoms. The molecule has 1 aromatic carbocycles. The van der Waals surface area contributed by atoms with Crippen LogP contribution in [0.15, 0.2) is 42.7 Å². The highest BCUT2D eigenvalue weighted by Crippen LogP contribution is 2.10. The molecular weight excluding hydrogens is 256 g/mol. The maximum atomic E-state index is 11.9. The molecule has 0 aliphatic heterocycles. The van der Waals surface area contributed by atoms with E-state index in [0.717, 1.165) is 11.0 Å². The number of H-pyrrole nitrogens is 1. The third-order valence-electron chi connectivity index (χ3n) is 2.88. The number of nitrogens with one attached hydrogen (secondary N) is 2. The van der Waals surface area contributed by atoms with Crippen molar-refractivity contribution in [1.82, 2.24) is 20.3 Å². The van der Waals surface area contributed by atoms with Crippen LogP contribution in [0.5, 0.6) is 5.75 Å². The van der Waals surface area contributed by atoms with Gasteiger partial charge in [0.15, 0.2) is 0 Å². The molecule has 0 saturated heterocycles. The van der Waals surface area contributed by atoms with Gasteiger partial charge in [0.2, 0.25) is 0 Å². The summed E-state index contributed by atoms with van der Waals surface area (Å²) in [5.41, 5.74) is 2.14. The van der Waals surface area contributed by atoms with E-state index in [1.807, 2.05) is 0 Å². The number of benzene rings is 1. The summed E-state index contributed by atoms with van der Waals surface area (Å²) in [6.45, 7) is 0.300. The zero-order valence-electron chi connectivity index (χ0n) is 10.5. The zero-order valence-corrected chi connectivity index (χ0v) is 10.5. The summed E-state index contributed by atoms with van der Waals surface area (Å²) in [4.78, 5) is 23.3. The van der Waals surface area contributed by atoms with Crippen LogP contribution < -0.4 is 5.32 Å². The highest BCUT2D eigenvalue weighted by molar-refractivity contribution is 5.94. The first-order chi connectivity index (χ1) is 9.72. The summed E-state index contributed by atoms with van der Waals surface area (Å²) in [7, 11) is 0. The van der Waals surface area contributed by atoms with Gasteiger partial charge in [0.05, 0.1) is 23.8 Å². The topological polar surface area (TPSA) is 90.9 Å². The van der Waals surface area contributed by atoms with Gasteiger partial charge in [-0.15, -0.1) is 0 Å². The number of amides is 1. The van der Waals surface area contributed by atoms with E-state index in [1.165, 1.54) is 12.1 Å². The Kier molecular flexibility index (Phi) is 3.04. The van der Waals surface area contributed by atoms with Gasteiger partial charge in [-0.1, -0.05) is 0 Å². The summed E-state index contributed by atoms with van der Waals surface area (Å²) in [5.74, 6) is 0.579. The predicted octanol–water partition coefficient (Wildman–Crippen LogP) is 1.59. The van der Waals surface area contributed by atoms with E-state index in [1.54, 1.807) is 30.6 Å². The first-order valence-electron chi connectivity index (χ1n) is 6.08. The van der Waals surface area contributed by atoms with Gasteiger partial charge >= 0.3 is 0 Å². The number of aromatic amines is 1. The molecule has 1 amide bonds. The number of aromatic hydroxyl groups is 1. The van der Waals surface area contributed by atoms with Gasteiger partial charge in [-0.3, -0.25) is 9.78 Å². The molecule has 3 aromatic rings. The lowest BCUT2D eigenvalue weighted by Crippen LogP contribution is -2.23. The largest absolute Gasteiger partial charge is 0.508 e. The summed E-state index contributed by atoms with van der Waals surface area (Å²) in [6.07, 6.45) is 3.36. The van der Waals surface area contributed by atoms with Gasteiger partial charge in [-0.2, -0.15) is 0 Å². The fourth-order valence-corrected chi connectivity index (χ4v) is 1.87. The van der Waals surface area contributed by atoms with Gasteiger partial charge in [0.1, 0.15) is 11.6 Å². The average Bonchev–Trinajstić information content (AvgIpc) is 2.88. The van der Waals surface area contributed by atoms with Crippen molar-refractivity contribution in [2.75, 3.05) is 0 Å². The monoisotopic (exact) mass is 268 g/mol. The molecule has 0 bridgehead atoms. The second kappa shape index (κ2) is 5.00. The lowest BCUT2D eigenvalue weighted by molar-refractivity contribution is 0.0950. The van der Waals surface area contributed by atoms with Crippen molar-refractivity contribution in [2.45, 2.75) is 6.54 Å². The smallest absolute Gasteiger partial charge is 0.251 e. The summed E-state index contributed by atoms with van der Waals surface area (Å²) in [6, 6.07) is 7.88. The Labute approximate surface area is 114 Å². The number of phenols is 1. The number of carbonyl (C=O) groups excluding carboxylic acids is 1. The Morgan fingerprint density at radius 1 is 1.25 bits per heavy atom. The Morgan fingerprint density at radius 3 is 2.80 bits per heavy atom. The minimum absolute atomic E-state index is 0.131. The molecule has 0 atom stereocenters. The molecule has 3 N–H and O–H groups in total. The predicted molar refractivity (Wildman–Crippen MR) is 73.2 cm³/mol. The Hall–Kier alpha value is -2.89. The molecule has 100 valence electrons. The minimum Gasteiger partial charge on any atom is -0.508 e. The standard InChI is InChI=1S/C14H12N4O2/c19-10-3-1-9(2-4-10)14(20)16-8-13-17-11-5-6-15-7-12(11)18-13/h1-7,19H,8H2,(H,16,20)(H,17,18). The number of pyridine rings is 1. The van der Waals surface area contributed by atoms with Crippen LogP contribution in [0.3, 0.4) is 0 Å². The van der Waals surface area contributed by atoms with Crippen molar-refractivity contribution in [2.24, 2.45) is 0 Å². The van der Waals surface area contributed by atoms with Crippen LogP contribution in [0.2, 0.25) is 0 Å². The molecular formula is C14H12N4O2. The maximum Gasteiger partial charge on any atom is 0.251 e. The Bertz CT molecular complexity index is 716.